The molecule has 2 unspecified atom stereocenters. The summed E-state index contributed by atoms with van der Waals surface area (Å²) in [6.07, 6.45) is 1.50. The summed E-state index contributed by atoms with van der Waals surface area (Å²) in [6.45, 7) is 4.46. The van der Waals surface area contributed by atoms with Crippen LogP contribution in [0.15, 0.2) is 66.2 Å². The van der Waals surface area contributed by atoms with Crippen LogP contribution in [0.25, 0.3) is 16.0 Å². The van der Waals surface area contributed by atoms with E-state index in [9.17, 15) is 19.1 Å². The van der Waals surface area contributed by atoms with Gasteiger partial charge in [0.25, 0.3) is 5.78 Å². The summed E-state index contributed by atoms with van der Waals surface area (Å²) in [5.74, 6) is -1.04. The molecule has 1 aromatic heterocycles. The van der Waals surface area contributed by atoms with E-state index in [0.29, 0.717) is 40.1 Å². The second kappa shape index (κ2) is 9.81. The number of Topliss-reactive ketones (excluding diaryl/α,β-unsaturated/α-hetero) is 1. The number of ether oxygens (including phenoxy) is 2. The molecular formula is C30H25FN2O5S. The second-order valence-electron chi connectivity index (χ2n) is 9.65. The molecule has 3 heterocycles. The first-order chi connectivity index (χ1) is 18.8. The first-order valence-electron chi connectivity index (χ1n) is 12.7. The Kier molecular flexibility index (Phi) is 6.31. The fraction of sp³-hybridized carbons (Fsp3) is 0.233. The molecule has 0 radical (unpaired) electrons. The van der Waals surface area contributed by atoms with Crippen LogP contribution in [-0.4, -0.2) is 34.5 Å². The zero-order valence-corrected chi connectivity index (χ0v) is 22.1. The van der Waals surface area contributed by atoms with Gasteiger partial charge in [-0.1, -0.05) is 30.4 Å². The number of aromatic nitrogens is 1. The third kappa shape index (κ3) is 4.42. The number of nitrogens with zero attached hydrogens (tertiary/aromatic N) is 2. The number of aliphatic hydroxyl groups is 1. The number of rotatable bonds is 6. The highest BCUT2D eigenvalue weighted by atomic mass is 32.1. The van der Waals surface area contributed by atoms with Crippen molar-refractivity contribution in [3.8, 4) is 11.5 Å². The van der Waals surface area contributed by atoms with Gasteiger partial charge in [0.05, 0.1) is 28.4 Å². The van der Waals surface area contributed by atoms with E-state index < -0.39 is 23.5 Å². The molecule has 3 aromatic carbocycles. The van der Waals surface area contributed by atoms with Gasteiger partial charge in [-0.05, 0) is 73.0 Å². The van der Waals surface area contributed by atoms with E-state index in [4.69, 9.17) is 9.47 Å². The second-order valence-corrected chi connectivity index (χ2v) is 10.7. The van der Waals surface area contributed by atoms with Gasteiger partial charge >= 0.3 is 5.91 Å². The van der Waals surface area contributed by atoms with E-state index in [1.54, 1.807) is 42.5 Å². The lowest BCUT2D eigenvalue weighted by molar-refractivity contribution is -0.132. The molecular weight excluding hydrogens is 519 g/mol. The molecule has 0 bridgehead atoms. The Balaban J connectivity index is 1.52. The third-order valence-corrected chi connectivity index (χ3v) is 7.82. The molecule has 6 rings (SSSR count). The highest BCUT2D eigenvalue weighted by Crippen LogP contribution is 2.45. The van der Waals surface area contributed by atoms with Gasteiger partial charge in [-0.15, -0.1) is 0 Å². The average molecular weight is 545 g/mol. The minimum Gasteiger partial charge on any atom is -0.507 e. The quantitative estimate of drug-likeness (QED) is 0.177. The SMILES string of the molecule is CCCOc1cccc(C2/C(=C(/O)c3ccc4c(c3)CC(C)O4)C(=O)C(=O)N2c2nc3ccc(F)cc3s2)c1. The van der Waals surface area contributed by atoms with Crippen LogP contribution in [-0.2, 0) is 16.0 Å². The van der Waals surface area contributed by atoms with Crippen LogP contribution < -0.4 is 14.4 Å². The lowest BCUT2D eigenvalue weighted by Gasteiger charge is -2.23. The van der Waals surface area contributed by atoms with Crippen LogP contribution in [0.2, 0.25) is 0 Å². The van der Waals surface area contributed by atoms with E-state index in [2.05, 4.69) is 4.98 Å². The zero-order chi connectivity index (χ0) is 27.3. The number of benzene rings is 3. The molecule has 1 fully saturated rings. The molecule has 9 heteroatoms. The van der Waals surface area contributed by atoms with Crippen molar-refractivity contribution in [2.75, 3.05) is 11.5 Å². The smallest absolute Gasteiger partial charge is 0.301 e. The number of thiazole rings is 1. The van der Waals surface area contributed by atoms with E-state index >= 15 is 0 Å². The molecule has 1 N–H and O–H groups in total. The number of hydrogen-bond acceptors (Lipinski definition) is 7. The Bertz CT molecular complexity index is 1660. The van der Waals surface area contributed by atoms with Gasteiger partial charge in [-0.3, -0.25) is 14.5 Å². The van der Waals surface area contributed by atoms with Crippen molar-refractivity contribution >= 4 is 44.1 Å². The predicted molar refractivity (Wildman–Crippen MR) is 147 cm³/mol. The Hall–Kier alpha value is -4.24. The van der Waals surface area contributed by atoms with E-state index in [1.165, 1.54) is 23.1 Å². The minimum atomic E-state index is -0.969. The molecule has 2 aliphatic heterocycles. The first-order valence-corrected chi connectivity index (χ1v) is 13.6. The number of fused-ring (bicyclic) bond motifs is 2. The van der Waals surface area contributed by atoms with Crippen molar-refractivity contribution in [3.05, 3.63) is 88.7 Å². The van der Waals surface area contributed by atoms with E-state index in [1.807, 2.05) is 13.8 Å². The molecule has 2 atom stereocenters. The number of amides is 1. The van der Waals surface area contributed by atoms with Gasteiger partial charge in [0, 0.05) is 12.0 Å². The van der Waals surface area contributed by atoms with Crippen LogP contribution in [0.1, 0.15) is 43.0 Å². The van der Waals surface area contributed by atoms with E-state index in [0.717, 1.165) is 29.1 Å². The predicted octanol–water partition coefficient (Wildman–Crippen LogP) is 6.17. The van der Waals surface area contributed by atoms with Gasteiger partial charge in [0.15, 0.2) is 5.13 Å². The largest absolute Gasteiger partial charge is 0.507 e. The zero-order valence-electron chi connectivity index (χ0n) is 21.3. The maximum atomic E-state index is 13.9. The minimum absolute atomic E-state index is 0.0118. The summed E-state index contributed by atoms with van der Waals surface area (Å²) in [6, 6.07) is 15.6. The van der Waals surface area contributed by atoms with Gasteiger partial charge in [-0.25, -0.2) is 9.37 Å². The van der Waals surface area contributed by atoms with Crippen LogP contribution in [0.5, 0.6) is 11.5 Å². The Labute approximate surface area is 228 Å². The Morgan fingerprint density at radius 1 is 1.18 bits per heavy atom. The van der Waals surface area contributed by atoms with Crippen LogP contribution in [0.3, 0.4) is 0 Å². The number of ketones is 1. The van der Waals surface area contributed by atoms with Crippen molar-refractivity contribution in [1.82, 2.24) is 4.98 Å². The lowest BCUT2D eigenvalue weighted by atomic mass is 9.94. The highest BCUT2D eigenvalue weighted by molar-refractivity contribution is 7.22. The summed E-state index contributed by atoms with van der Waals surface area (Å²) in [7, 11) is 0. The number of hydrogen-bond donors (Lipinski definition) is 1. The number of halogens is 1. The molecule has 7 nitrogen and oxygen atoms in total. The van der Waals surface area contributed by atoms with Crippen molar-refractivity contribution in [3.63, 3.8) is 0 Å². The van der Waals surface area contributed by atoms with Gasteiger partial charge in [0.1, 0.15) is 29.2 Å². The molecule has 4 aromatic rings. The fourth-order valence-electron chi connectivity index (χ4n) is 5.05. The van der Waals surface area contributed by atoms with Crippen molar-refractivity contribution in [2.45, 2.75) is 38.8 Å². The van der Waals surface area contributed by atoms with Gasteiger partial charge in [-0.2, -0.15) is 0 Å². The number of carbonyl (C=O) groups is 2. The molecule has 0 spiro atoms. The summed E-state index contributed by atoms with van der Waals surface area (Å²) >= 11 is 1.11. The summed E-state index contributed by atoms with van der Waals surface area (Å²) < 4.78 is 26.0. The maximum Gasteiger partial charge on any atom is 0.301 e. The highest BCUT2D eigenvalue weighted by Gasteiger charge is 2.48. The van der Waals surface area contributed by atoms with E-state index in [-0.39, 0.29) is 22.6 Å². The van der Waals surface area contributed by atoms with Crippen molar-refractivity contribution in [1.29, 1.82) is 0 Å². The fourth-order valence-corrected chi connectivity index (χ4v) is 6.07. The van der Waals surface area contributed by atoms with Gasteiger partial charge in [0.2, 0.25) is 0 Å². The van der Waals surface area contributed by atoms with Gasteiger partial charge < -0.3 is 14.6 Å². The van der Waals surface area contributed by atoms with Crippen LogP contribution in [0.4, 0.5) is 9.52 Å². The average Bonchev–Trinajstić information content (AvgIpc) is 3.59. The van der Waals surface area contributed by atoms with Crippen molar-refractivity contribution < 1.29 is 28.6 Å². The Morgan fingerprint density at radius 2 is 2.03 bits per heavy atom. The molecule has 198 valence electrons. The number of carbonyl (C=O) groups excluding carboxylic acids is 2. The summed E-state index contributed by atoms with van der Waals surface area (Å²) in [4.78, 5) is 32.9. The van der Waals surface area contributed by atoms with Crippen LogP contribution in [0, 0.1) is 5.82 Å². The van der Waals surface area contributed by atoms with Crippen molar-refractivity contribution in [2.24, 2.45) is 0 Å². The molecule has 0 aliphatic carbocycles. The summed E-state index contributed by atoms with van der Waals surface area (Å²) in [5, 5.41) is 11.8. The first kappa shape index (κ1) is 25.1. The summed E-state index contributed by atoms with van der Waals surface area (Å²) in [5.41, 5.74) is 2.36. The van der Waals surface area contributed by atoms with Crippen LogP contribution >= 0.6 is 11.3 Å². The number of aliphatic hydroxyl groups excluding tert-OH is 1. The standard InChI is InChI=1S/C30H25FN2O5S/c1-3-11-37-21-6-4-5-17(14-21)26-25(27(34)18-7-10-23-19(13-18)12-16(2)38-23)28(35)29(36)33(26)30-32-22-9-8-20(31)15-24(22)39-30/h4-10,13-16,26,34H,3,11-12H2,1-2H3/b27-25-. The molecule has 0 saturated carbocycles. The number of anilines is 1. The maximum absolute atomic E-state index is 13.9. The topological polar surface area (TPSA) is 89.0 Å². The normalized spacial score (nSPS) is 19.9. The third-order valence-electron chi connectivity index (χ3n) is 6.81. The Morgan fingerprint density at radius 3 is 2.85 bits per heavy atom. The lowest BCUT2D eigenvalue weighted by Crippen LogP contribution is -2.29. The monoisotopic (exact) mass is 544 g/mol. The molecule has 39 heavy (non-hydrogen) atoms. The molecule has 1 amide bonds. The molecule has 1 saturated heterocycles. The molecule has 2 aliphatic rings.